The Morgan fingerprint density at radius 1 is 1.47 bits per heavy atom. The van der Waals surface area contributed by atoms with Crippen molar-refractivity contribution in [3.05, 3.63) is 31.9 Å². The van der Waals surface area contributed by atoms with E-state index < -0.39 is 0 Å². The average Bonchev–Trinajstić information content (AvgIpc) is 2.86. The minimum absolute atomic E-state index is 0.0131. The first-order valence-corrected chi connectivity index (χ1v) is 7.52. The number of ketones is 1. The number of hydrogen-bond acceptors (Lipinski definition) is 5. The normalized spacial score (nSPS) is 10.5. The molecule has 6 heteroatoms. The molecule has 0 radical (unpaired) electrons. The summed E-state index contributed by atoms with van der Waals surface area (Å²) in [4.78, 5) is 17.5. The van der Waals surface area contributed by atoms with Crippen molar-refractivity contribution in [1.29, 1.82) is 0 Å². The van der Waals surface area contributed by atoms with E-state index in [9.17, 15) is 4.79 Å². The Balaban J connectivity index is 2.08. The summed E-state index contributed by atoms with van der Waals surface area (Å²) in [5.41, 5.74) is 1.78. The van der Waals surface area contributed by atoms with Gasteiger partial charge in [-0.15, -0.1) is 22.7 Å². The second-order valence-corrected chi connectivity index (χ2v) is 6.81. The summed E-state index contributed by atoms with van der Waals surface area (Å²) in [5, 5.41) is 4.79. The van der Waals surface area contributed by atoms with Crippen LogP contribution in [0.2, 0.25) is 0 Å². The number of nitrogens with zero attached hydrogens (tertiary/aromatic N) is 2. The first-order chi connectivity index (χ1) is 8.06. The molecular weight excluding hydrogens is 320 g/mol. The minimum atomic E-state index is 0.0131. The van der Waals surface area contributed by atoms with Gasteiger partial charge < -0.3 is 4.90 Å². The molecule has 3 nitrogen and oxygen atoms in total. The molecule has 0 unspecified atom stereocenters. The van der Waals surface area contributed by atoms with Crippen LogP contribution in [-0.2, 0) is 6.54 Å². The van der Waals surface area contributed by atoms with Crippen LogP contribution in [0.3, 0.4) is 0 Å². The number of halogens is 1. The van der Waals surface area contributed by atoms with Crippen LogP contribution in [0.1, 0.15) is 23.0 Å². The predicted molar refractivity (Wildman–Crippen MR) is 76.2 cm³/mol. The predicted octanol–water partition coefficient (Wildman–Crippen LogP) is 3.81. The number of anilines is 1. The van der Waals surface area contributed by atoms with Crippen molar-refractivity contribution in [1.82, 2.24) is 4.98 Å². The summed E-state index contributed by atoms with van der Waals surface area (Å²) in [7, 11) is 1.98. The fourth-order valence-corrected chi connectivity index (χ4v) is 3.40. The zero-order valence-electron chi connectivity index (χ0n) is 9.44. The van der Waals surface area contributed by atoms with Crippen LogP contribution in [0.15, 0.2) is 20.6 Å². The van der Waals surface area contributed by atoms with Crippen molar-refractivity contribution in [3.63, 3.8) is 0 Å². The summed E-state index contributed by atoms with van der Waals surface area (Å²) >= 11 is 6.61. The van der Waals surface area contributed by atoms with E-state index in [4.69, 9.17) is 0 Å². The van der Waals surface area contributed by atoms with Gasteiger partial charge in [0.2, 0.25) is 0 Å². The highest BCUT2D eigenvalue weighted by molar-refractivity contribution is 9.11. The van der Waals surface area contributed by atoms with Crippen LogP contribution >= 0.6 is 38.6 Å². The highest BCUT2D eigenvalue weighted by Crippen LogP contribution is 2.25. The number of rotatable bonds is 4. The molecule has 0 saturated heterocycles. The second kappa shape index (κ2) is 5.29. The van der Waals surface area contributed by atoms with Crippen molar-refractivity contribution < 1.29 is 4.79 Å². The van der Waals surface area contributed by atoms with Crippen molar-refractivity contribution in [2.24, 2.45) is 0 Å². The lowest BCUT2D eigenvalue weighted by molar-refractivity contribution is 0.101. The number of thiophene rings is 1. The molecule has 0 spiro atoms. The zero-order chi connectivity index (χ0) is 12.4. The van der Waals surface area contributed by atoms with E-state index in [1.807, 2.05) is 11.9 Å². The van der Waals surface area contributed by atoms with Crippen LogP contribution in [0.5, 0.6) is 0 Å². The average molecular weight is 331 g/mol. The Bertz CT molecular complexity index is 535. The van der Waals surface area contributed by atoms with E-state index in [2.05, 4.69) is 32.4 Å². The lowest BCUT2D eigenvalue weighted by atomic mass is 10.3. The third kappa shape index (κ3) is 3.14. The van der Waals surface area contributed by atoms with Gasteiger partial charge in [0.1, 0.15) is 5.69 Å². The maximum atomic E-state index is 11.2. The maximum Gasteiger partial charge on any atom is 0.186 e. The van der Waals surface area contributed by atoms with Gasteiger partial charge in [0, 0.05) is 25.9 Å². The van der Waals surface area contributed by atoms with Gasteiger partial charge in [-0.3, -0.25) is 4.79 Å². The minimum Gasteiger partial charge on any atom is -0.347 e. The molecule has 2 rings (SSSR count). The van der Waals surface area contributed by atoms with Crippen LogP contribution < -0.4 is 4.90 Å². The molecule has 0 aliphatic carbocycles. The lowest BCUT2D eigenvalue weighted by Crippen LogP contribution is -2.15. The second-order valence-electron chi connectivity index (χ2n) is 3.69. The Morgan fingerprint density at radius 2 is 2.24 bits per heavy atom. The Labute approximate surface area is 116 Å². The largest absolute Gasteiger partial charge is 0.347 e. The molecule has 17 heavy (non-hydrogen) atoms. The van der Waals surface area contributed by atoms with Gasteiger partial charge in [-0.1, -0.05) is 0 Å². The first kappa shape index (κ1) is 12.7. The number of hydrogen-bond donors (Lipinski definition) is 0. The molecule has 0 N–H and O–H groups in total. The van der Waals surface area contributed by atoms with Crippen LogP contribution in [0.25, 0.3) is 0 Å². The number of aromatic nitrogens is 1. The lowest BCUT2D eigenvalue weighted by Gasteiger charge is -2.14. The summed E-state index contributed by atoms with van der Waals surface area (Å²) in [6.07, 6.45) is 0. The molecule has 0 bridgehead atoms. The molecule has 0 fully saturated rings. The fraction of sp³-hybridized carbons (Fsp3) is 0.273. The monoisotopic (exact) mass is 330 g/mol. The van der Waals surface area contributed by atoms with Crippen molar-refractivity contribution in [2.45, 2.75) is 13.5 Å². The Kier molecular flexibility index (Phi) is 3.96. The zero-order valence-corrected chi connectivity index (χ0v) is 12.7. The SMILES string of the molecule is CC(=O)c1csc(N(C)Cc2csc(Br)c2)n1. The molecule has 0 aliphatic heterocycles. The topological polar surface area (TPSA) is 33.2 Å². The third-order valence-corrected chi connectivity index (χ3v) is 4.73. The van der Waals surface area contributed by atoms with Crippen LogP contribution in [0.4, 0.5) is 5.13 Å². The van der Waals surface area contributed by atoms with Crippen molar-refractivity contribution in [2.75, 3.05) is 11.9 Å². The molecule has 0 aliphatic rings. The number of Topliss-reactive ketones (excluding diaryl/α,β-unsaturated/α-hetero) is 1. The summed E-state index contributed by atoms with van der Waals surface area (Å²) in [6, 6.07) is 2.10. The van der Waals surface area contributed by atoms with Gasteiger partial charge >= 0.3 is 0 Å². The van der Waals surface area contributed by atoms with E-state index in [1.165, 1.54) is 23.8 Å². The molecule has 2 aromatic rings. The molecule has 0 atom stereocenters. The highest BCUT2D eigenvalue weighted by Gasteiger charge is 2.10. The number of thiazole rings is 1. The van der Waals surface area contributed by atoms with Crippen molar-refractivity contribution >= 4 is 49.5 Å². The van der Waals surface area contributed by atoms with E-state index in [1.54, 1.807) is 16.7 Å². The van der Waals surface area contributed by atoms with Gasteiger partial charge in [0.15, 0.2) is 10.9 Å². The summed E-state index contributed by atoms with van der Waals surface area (Å²) in [6.45, 7) is 2.34. The smallest absolute Gasteiger partial charge is 0.186 e. The highest BCUT2D eigenvalue weighted by atomic mass is 79.9. The molecule has 2 heterocycles. The van der Waals surface area contributed by atoms with Crippen molar-refractivity contribution in [3.8, 4) is 0 Å². The third-order valence-electron chi connectivity index (χ3n) is 2.22. The van der Waals surface area contributed by atoms with Gasteiger partial charge in [-0.2, -0.15) is 0 Å². The Hall–Kier alpha value is -0.720. The van der Waals surface area contributed by atoms with E-state index >= 15 is 0 Å². The standard InChI is InChI=1S/C11H11BrN2OS2/c1-7(15)9-6-17-11(13-9)14(2)4-8-3-10(12)16-5-8/h3,5-6H,4H2,1-2H3. The quantitative estimate of drug-likeness (QED) is 0.799. The molecule has 0 aromatic carbocycles. The molecule has 2 aromatic heterocycles. The number of carbonyl (C=O) groups is 1. The molecule has 90 valence electrons. The van der Waals surface area contributed by atoms with Crippen LogP contribution in [-0.4, -0.2) is 17.8 Å². The summed E-state index contributed by atoms with van der Waals surface area (Å²) < 4.78 is 1.13. The van der Waals surface area contributed by atoms with Gasteiger partial charge in [-0.05, 0) is 32.9 Å². The van der Waals surface area contributed by atoms with Gasteiger partial charge in [0.05, 0.1) is 3.79 Å². The number of carbonyl (C=O) groups excluding carboxylic acids is 1. The Morgan fingerprint density at radius 3 is 2.76 bits per heavy atom. The summed E-state index contributed by atoms with van der Waals surface area (Å²) in [5.74, 6) is 0.0131. The van der Waals surface area contributed by atoms with E-state index in [0.717, 1.165) is 15.5 Å². The molecule has 0 saturated carbocycles. The van der Waals surface area contributed by atoms with Gasteiger partial charge in [0.25, 0.3) is 0 Å². The van der Waals surface area contributed by atoms with Gasteiger partial charge in [-0.25, -0.2) is 4.98 Å². The molecular formula is C11H11BrN2OS2. The maximum absolute atomic E-state index is 11.2. The fourth-order valence-electron chi connectivity index (χ4n) is 1.37. The first-order valence-electron chi connectivity index (χ1n) is 4.97. The van der Waals surface area contributed by atoms with E-state index in [0.29, 0.717) is 5.69 Å². The molecule has 0 amide bonds. The van der Waals surface area contributed by atoms with E-state index in [-0.39, 0.29) is 5.78 Å². The van der Waals surface area contributed by atoms with Crippen LogP contribution in [0, 0.1) is 0 Å².